The largest absolute Gasteiger partial charge is 0.347 e. The van der Waals surface area contributed by atoms with Crippen LogP contribution in [0.2, 0.25) is 0 Å². The van der Waals surface area contributed by atoms with Crippen LogP contribution in [0.5, 0.6) is 0 Å². The van der Waals surface area contributed by atoms with E-state index >= 15 is 0 Å². The highest BCUT2D eigenvalue weighted by molar-refractivity contribution is 5.70. The first-order chi connectivity index (χ1) is 13.8. The smallest absolute Gasteiger partial charge is 0.135 e. The molecule has 4 rings (SSSR count). The Kier molecular flexibility index (Phi) is 4.78. The van der Waals surface area contributed by atoms with Gasteiger partial charge in [-0.15, -0.1) is 0 Å². The van der Waals surface area contributed by atoms with Gasteiger partial charge in [0.25, 0.3) is 0 Å². The number of hydrogen-bond donors (Lipinski definition) is 1. The van der Waals surface area contributed by atoms with Gasteiger partial charge in [-0.25, -0.2) is 0 Å². The molecule has 0 bridgehead atoms. The molecular formula is C27H33N2+. The van der Waals surface area contributed by atoms with E-state index in [0.717, 1.165) is 0 Å². The molecule has 0 fully saturated rings. The number of quaternary nitrogens is 1. The van der Waals surface area contributed by atoms with Gasteiger partial charge >= 0.3 is 0 Å². The van der Waals surface area contributed by atoms with Gasteiger partial charge in [0.15, 0.2) is 0 Å². The van der Waals surface area contributed by atoms with Gasteiger partial charge in [0.05, 0.1) is 12.5 Å². The van der Waals surface area contributed by atoms with E-state index in [1.54, 1.807) is 0 Å². The van der Waals surface area contributed by atoms with Gasteiger partial charge in [0.1, 0.15) is 11.7 Å². The molecule has 2 aromatic carbocycles. The van der Waals surface area contributed by atoms with Gasteiger partial charge in [0.2, 0.25) is 0 Å². The second-order valence-electron chi connectivity index (χ2n) is 9.45. The van der Waals surface area contributed by atoms with Crippen molar-refractivity contribution in [3.05, 3.63) is 95.7 Å². The lowest BCUT2D eigenvalue weighted by atomic mass is 9.80. The molecule has 29 heavy (non-hydrogen) atoms. The molecule has 1 N–H and O–H groups in total. The van der Waals surface area contributed by atoms with Gasteiger partial charge in [-0.1, -0.05) is 68.5 Å². The molecular weight excluding hydrogens is 352 g/mol. The van der Waals surface area contributed by atoms with Gasteiger partial charge in [-0.05, 0) is 43.7 Å². The van der Waals surface area contributed by atoms with Crippen LogP contribution in [0.25, 0.3) is 0 Å². The maximum absolute atomic E-state index is 2.36. The number of nitrogens with zero attached hydrogens (tertiary/aromatic N) is 1. The van der Waals surface area contributed by atoms with E-state index in [-0.39, 0.29) is 10.8 Å². The van der Waals surface area contributed by atoms with Crippen LogP contribution >= 0.6 is 0 Å². The number of rotatable bonds is 3. The first kappa shape index (κ1) is 19.7. The van der Waals surface area contributed by atoms with Gasteiger partial charge < -0.3 is 4.90 Å². The SMILES string of the molecule is CN1C(=CC=CC=CC2[NH+](C)c3ccccc3C2(C)C)C(C)(C)c2ccccc21. The van der Waals surface area contributed by atoms with Crippen molar-refractivity contribution in [1.82, 2.24) is 0 Å². The molecule has 2 unspecified atom stereocenters. The van der Waals surface area contributed by atoms with Crippen LogP contribution in [0, 0.1) is 0 Å². The summed E-state index contributed by atoms with van der Waals surface area (Å²) in [5.41, 5.74) is 7.09. The molecule has 0 amide bonds. The summed E-state index contributed by atoms with van der Waals surface area (Å²) in [5.74, 6) is 0. The standard InChI is InChI=1S/C27H32N2/c1-26(2)20-14-10-12-16-22(20)28(5)24(26)18-8-7-9-19-25-27(3,4)21-15-11-13-17-23(21)29(25)6/h7-19,24H,1-6H3/p+1. The lowest BCUT2D eigenvalue weighted by Gasteiger charge is -2.25. The highest BCUT2D eigenvalue weighted by Crippen LogP contribution is 2.46. The van der Waals surface area contributed by atoms with E-state index in [0.29, 0.717) is 6.04 Å². The van der Waals surface area contributed by atoms with E-state index < -0.39 is 0 Å². The van der Waals surface area contributed by atoms with E-state index in [1.807, 2.05) is 0 Å². The Morgan fingerprint density at radius 2 is 1.52 bits per heavy atom. The summed E-state index contributed by atoms with van der Waals surface area (Å²) in [6, 6.07) is 18.0. The van der Waals surface area contributed by atoms with Crippen molar-refractivity contribution in [2.45, 2.75) is 44.6 Å². The predicted molar refractivity (Wildman–Crippen MR) is 124 cm³/mol. The molecule has 150 valence electrons. The average molecular weight is 386 g/mol. The maximum atomic E-state index is 2.36. The summed E-state index contributed by atoms with van der Waals surface area (Å²) in [6.07, 6.45) is 11.2. The Balaban J connectivity index is 1.53. The molecule has 0 spiro atoms. The molecule has 0 radical (unpaired) electrons. The Morgan fingerprint density at radius 3 is 2.21 bits per heavy atom. The first-order valence-electron chi connectivity index (χ1n) is 10.6. The van der Waals surface area contributed by atoms with E-state index in [2.05, 4.69) is 126 Å². The number of allylic oxidation sites excluding steroid dienone is 5. The monoisotopic (exact) mass is 385 g/mol. The zero-order valence-corrected chi connectivity index (χ0v) is 18.5. The maximum Gasteiger partial charge on any atom is 0.135 e. The normalized spacial score (nSPS) is 25.9. The number of benzene rings is 2. The lowest BCUT2D eigenvalue weighted by Crippen LogP contribution is -3.07. The van der Waals surface area contributed by atoms with Crippen LogP contribution in [0.15, 0.2) is 84.6 Å². The minimum Gasteiger partial charge on any atom is -0.347 e. The minimum atomic E-state index is 0.0266. The van der Waals surface area contributed by atoms with Crippen molar-refractivity contribution in [2.24, 2.45) is 0 Å². The molecule has 2 nitrogen and oxygen atoms in total. The zero-order chi connectivity index (χ0) is 20.8. The van der Waals surface area contributed by atoms with Crippen molar-refractivity contribution in [2.75, 3.05) is 19.0 Å². The number of likely N-dealkylation sites (N-methyl/N-ethyl adjacent to an activating group) is 2. The molecule has 2 atom stereocenters. The number of nitrogens with one attached hydrogen (secondary N) is 1. The van der Waals surface area contributed by atoms with Crippen LogP contribution < -0.4 is 9.80 Å². The molecule has 2 aliphatic rings. The van der Waals surface area contributed by atoms with E-state index in [1.165, 1.54) is 33.1 Å². The Hall–Kier alpha value is -2.58. The number of fused-ring (bicyclic) bond motifs is 2. The molecule has 2 heteroatoms. The molecule has 2 aliphatic heterocycles. The molecule has 0 saturated heterocycles. The van der Waals surface area contributed by atoms with Gasteiger partial charge in [0, 0.05) is 29.4 Å². The molecule has 2 heterocycles. The fourth-order valence-corrected chi connectivity index (χ4v) is 5.34. The van der Waals surface area contributed by atoms with Crippen molar-refractivity contribution in [3.8, 4) is 0 Å². The fraction of sp³-hybridized carbons (Fsp3) is 0.333. The first-order valence-corrected chi connectivity index (χ1v) is 10.6. The third-order valence-corrected chi connectivity index (χ3v) is 7.01. The van der Waals surface area contributed by atoms with Gasteiger partial charge in [-0.3, -0.25) is 4.90 Å². The lowest BCUT2D eigenvalue weighted by molar-refractivity contribution is -0.828. The van der Waals surface area contributed by atoms with Crippen molar-refractivity contribution in [1.29, 1.82) is 0 Å². The molecule has 0 aromatic heterocycles. The van der Waals surface area contributed by atoms with E-state index in [4.69, 9.17) is 0 Å². The number of para-hydroxylation sites is 2. The highest BCUT2D eigenvalue weighted by atomic mass is 15.2. The second-order valence-corrected chi connectivity index (χ2v) is 9.45. The summed E-state index contributed by atoms with van der Waals surface area (Å²) in [5, 5.41) is 0. The molecule has 0 saturated carbocycles. The van der Waals surface area contributed by atoms with Gasteiger partial charge in [-0.2, -0.15) is 0 Å². The summed E-state index contributed by atoms with van der Waals surface area (Å²) in [7, 11) is 4.45. The van der Waals surface area contributed by atoms with Crippen LogP contribution in [-0.4, -0.2) is 20.1 Å². The Labute approximate surface area is 175 Å². The van der Waals surface area contributed by atoms with E-state index in [9.17, 15) is 0 Å². The number of anilines is 1. The summed E-state index contributed by atoms with van der Waals surface area (Å²) in [6.45, 7) is 9.33. The quantitative estimate of drug-likeness (QED) is 0.737. The molecule has 0 aliphatic carbocycles. The average Bonchev–Trinajstić information content (AvgIpc) is 3.02. The van der Waals surface area contributed by atoms with Crippen molar-refractivity contribution < 1.29 is 4.90 Å². The van der Waals surface area contributed by atoms with Crippen LogP contribution in [0.1, 0.15) is 38.8 Å². The predicted octanol–water partition coefficient (Wildman–Crippen LogP) is 4.92. The van der Waals surface area contributed by atoms with Crippen LogP contribution in [0.4, 0.5) is 11.4 Å². The fourth-order valence-electron chi connectivity index (χ4n) is 5.34. The zero-order valence-electron chi connectivity index (χ0n) is 18.5. The topological polar surface area (TPSA) is 7.68 Å². The summed E-state index contributed by atoms with van der Waals surface area (Å²) < 4.78 is 0. The third kappa shape index (κ3) is 3.07. The van der Waals surface area contributed by atoms with Crippen molar-refractivity contribution in [3.63, 3.8) is 0 Å². The van der Waals surface area contributed by atoms with Crippen molar-refractivity contribution >= 4 is 11.4 Å². The van der Waals surface area contributed by atoms with Crippen LogP contribution in [0.3, 0.4) is 0 Å². The highest BCUT2D eigenvalue weighted by Gasteiger charge is 2.45. The summed E-state index contributed by atoms with van der Waals surface area (Å²) >= 11 is 0. The minimum absolute atomic E-state index is 0.0266. The number of hydrogen-bond acceptors (Lipinski definition) is 1. The third-order valence-electron chi connectivity index (χ3n) is 7.01. The summed E-state index contributed by atoms with van der Waals surface area (Å²) in [4.78, 5) is 3.79. The second kappa shape index (κ2) is 7.03. The van der Waals surface area contributed by atoms with Crippen LogP contribution in [-0.2, 0) is 10.8 Å². The molecule has 2 aromatic rings. The Morgan fingerprint density at radius 1 is 0.862 bits per heavy atom. The Bertz CT molecular complexity index is 1010.